The number of carboxylic acids is 1. The molecule has 3 N–H and O–H groups in total. The number of nitrogens with zero attached hydrogens (tertiary/aromatic N) is 1. The lowest BCUT2D eigenvalue weighted by Gasteiger charge is -2.17. The number of hydrogen-bond acceptors (Lipinski definition) is 3. The normalized spacial score (nSPS) is 12.0. The predicted octanol–water partition coefficient (Wildman–Crippen LogP) is 3.27. The molecule has 0 unspecified atom stereocenters. The second-order valence-corrected chi connectivity index (χ2v) is 6.20. The van der Waals surface area contributed by atoms with E-state index in [1.807, 2.05) is 0 Å². The van der Waals surface area contributed by atoms with Gasteiger partial charge in [-0.1, -0.05) is 28.1 Å². The van der Waals surface area contributed by atoms with E-state index < -0.39 is 17.9 Å². The highest BCUT2D eigenvalue weighted by molar-refractivity contribution is 9.10. The third kappa shape index (κ3) is 3.62. The summed E-state index contributed by atoms with van der Waals surface area (Å²) in [5.74, 6) is -1.40. The molecule has 0 saturated carbocycles. The lowest BCUT2D eigenvalue weighted by molar-refractivity contribution is -0.137. The van der Waals surface area contributed by atoms with Crippen LogP contribution in [0.3, 0.4) is 0 Å². The van der Waals surface area contributed by atoms with Crippen LogP contribution in [0.15, 0.2) is 53.1 Å². The number of halogens is 1. The minimum Gasteiger partial charge on any atom is -0.481 e. The van der Waals surface area contributed by atoms with Crippen LogP contribution >= 0.6 is 15.9 Å². The molecule has 122 valence electrons. The number of aromatic amines is 1. The number of aliphatic carboxylic acids is 1. The van der Waals surface area contributed by atoms with Gasteiger partial charge in [-0.3, -0.25) is 9.59 Å². The summed E-state index contributed by atoms with van der Waals surface area (Å²) >= 11 is 3.34. The van der Waals surface area contributed by atoms with Crippen molar-refractivity contribution in [1.82, 2.24) is 15.3 Å². The van der Waals surface area contributed by atoms with Gasteiger partial charge in [0.25, 0.3) is 5.91 Å². The van der Waals surface area contributed by atoms with Crippen molar-refractivity contribution in [1.29, 1.82) is 0 Å². The lowest BCUT2D eigenvalue weighted by Crippen LogP contribution is -2.30. The first-order valence-electron chi connectivity index (χ1n) is 7.25. The number of amides is 1. The highest BCUT2D eigenvalue weighted by Crippen LogP contribution is 2.20. The topological polar surface area (TPSA) is 95.1 Å². The maximum absolute atomic E-state index is 12.5. The Balaban J connectivity index is 1.84. The molecule has 0 radical (unpaired) electrons. The number of aromatic nitrogens is 2. The van der Waals surface area contributed by atoms with Crippen molar-refractivity contribution < 1.29 is 14.7 Å². The quantitative estimate of drug-likeness (QED) is 0.625. The molecule has 1 aromatic carbocycles. The minimum absolute atomic E-state index is 0.209. The van der Waals surface area contributed by atoms with Gasteiger partial charge in [-0.15, -0.1) is 0 Å². The van der Waals surface area contributed by atoms with Crippen LogP contribution in [0.2, 0.25) is 0 Å². The molecule has 2 heterocycles. The van der Waals surface area contributed by atoms with Crippen LogP contribution in [0.25, 0.3) is 11.0 Å². The summed E-state index contributed by atoms with van der Waals surface area (Å²) < 4.78 is 0.881. The molecular formula is C17H14BrN3O3. The Morgan fingerprint density at radius 1 is 1.17 bits per heavy atom. The van der Waals surface area contributed by atoms with Crippen LogP contribution in [-0.2, 0) is 4.79 Å². The molecule has 3 aromatic rings. The maximum Gasteiger partial charge on any atom is 0.305 e. The first-order valence-corrected chi connectivity index (χ1v) is 8.04. The summed E-state index contributed by atoms with van der Waals surface area (Å²) in [5.41, 5.74) is 2.48. The summed E-state index contributed by atoms with van der Waals surface area (Å²) in [4.78, 5) is 30.9. The number of rotatable bonds is 5. The van der Waals surface area contributed by atoms with Gasteiger partial charge in [0, 0.05) is 10.7 Å². The highest BCUT2D eigenvalue weighted by Gasteiger charge is 2.20. The van der Waals surface area contributed by atoms with Crippen molar-refractivity contribution >= 4 is 38.8 Å². The molecule has 24 heavy (non-hydrogen) atoms. The Morgan fingerprint density at radius 2 is 1.92 bits per heavy atom. The summed E-state index contributed by atoms with van der Waals surface area (Å²) in [7, 11) is 0. The van der Waals surface area contributed by atoms with Gasteiger partial charge in [-0.25, -0.2) is 4.98 Å². The van der Waals surface area contributed by atoms with Gasteiger partial charge in [0.2, 0.25) is 0 Å². The van der Waals surface area contributed by atoms with Crippen LogP contribution in [0.5, 0.6) is 0 Å². The van der Waals surface area contributed by atoms with Crippen molar-refractivity contribution in [3.05, 3.63) is 64.4 Å². The number of nitrogens with one attached hydrogen (secondary N) is 2. The second-order valence-electron chi connectivity index (χ2n) is 5.28. The molecule has 1 amide bonds. The lowest BCUT2D eigenvalue weighted by atomic mass is 10.0. The monoisotopic (exact) mass is 387 g/mol. The molecule has 1 atom stereocenters. The van der Waals surface area contributed by atoms with Gasteiger partial charge in [0.1, 0.15) is 5.69 Å². The highest BCUT2D eigenvalue weighted by atomic mass is 79.9. The second kappa shape index (κ2) is 6.84. The standard InChI is InChI=1S/C17H14BrN3O3/c18-11-3-1-10(2-4-11)15(9-16(22)23)21-17(24)14-6-5-12-13(20-14)7-8-19-12/h1-8,15,19H,9H2,(H,21,24)(H,22,23)/t15-/m1/s1. The Kier molecular flexibility index (Phi) is 4.61. The molecule has 3 rings (SSSR count). The van der Waals surface area contributed by atoms with Crippen molar-refractivity contribution in [2.24, 2.45) is 0 Å². The van der Waals surface area contributed by atoms with Crippen molar-refractivity contribution in [3.8, 4) is 0 Å². The predicted molar refractivity (Wildman–Crippen MR) is 92.7 cm³/mol. The molecular weight excluding hydrogens is 374 g/mol. The Hall–Kier alpha value is -2.67. The van der Waals surface area contributed by atoms with Crippen molar-refractivity contribution in [2.75, 3.05) is 0 Å². The molecule has 6 nitrogen and oxygen atoms in total. The van der Waals surface area contributed by atoms with E-state index in [4.69, 9.17) is 5.11 Å². The zero-order valence-corrected chi connectivity index (χ0v) is 14.1. The van der Waals surface area contributed by atoms with Gasteiger partial charge in [0.05, 0.1) is 23.5 Å². The van der Waals surface area contributed by atoms with Crippen molar-refractivity contribution in [2.45, 2.75) is 12.5 Å². The van der Waals surface area contributed by atoms with E-state index in [0.29, 0.717) is 5.52 Å². The fraction of sp³-hybridized carbons (Fsp3) is 0.118. The van der Waals surface area contributed by atoms with Crippen LogP contribution in [0, 0.1) is 0 Å². The summed E-state index contributed by atoms with van der Waals surface area (Å²) in [6, 6.07) is 11.7. The van der Waals surface area contributed by atoms with Gasteiger partial charge >= 0.3 is 5.97 Å². The molecule has 0 aliphatic rings. The van der Waals surface area contributed by atoms with Crippen LogP contribution in [-0.4, -0.2) is 27.0 Å². The summed E-state index contributed by atoms with van der Waals surface area (Å²) in [5, 5.41) is 11.9. The number of carbonyl (C=O) groups excluding carboxylic acids is 1. The summed E-state index contributed by atoms with van der Waals surface area (Å²) in [6.07, 6.45) is 1.54. The van der Waals surface area contributed by atoms with E-state index in [-0.39, 0.29) is 12.1 Å². The SMILES string of the molecule is O=C(O)C[C@@H](NC(=O)c1ccc2[nH]ccc2n1)c1ccc(Br)cc1. The van der Waals surface area contributed by atoms with Crippen LogP contribution in [0.1, 0.15) is 28.5 Å². The smallest absolute Gasteiger partial charge is 0.305 e. The third-order valence-corrected chi connectivity index (χ3v) is 4.12. The number of benzene rings is 1. The van der Waals surface area contributed by atoms with Gasteiger partial charge in [0.15, 0.2) is 0 Å². The van der Waals surface area contributed by atoms with E-state index in [1.54, 1.807) is 48.7 Å². The fourth-order valence-electron chi connectivity index (χ4n) is 2.41. The van der Waals surface area contributed by atoms with Crippen LogP contribution in [0.4, 0.5) is 0 Å². The first-order chi connectivity index (χ1) is 11.5. The van der Waals surface area contributed by atoms with Gasteiger partial charge in [-0.2, -0.15) is 0 Å². The third-order valence-electron chi connectivity index (χ3n) is 3.59. The number of pyridine rings is 1. The van der Waals surface area contributed by atoms with E-state index in [9.17, 15) is 9.59 Å². The van der Waals surface area contributed by atoms with Gasteiger partial charge < -0.3 is 15.4 Å². The number of H-pyrrole nitrogens is 1. The van der Waals surface area contributed by atoms with E-state index in [1.165, 1.54) is 0 Å². The molecule has 0 bridgehead atoms. The number of fused-ring (bicyclic) bond motifs is 1. The van der Waals surface area contributed by atoms with E-state index in [2.05, 4.69) is 31.2 Å². The van der Waals surface area contributed by atoms with E-state index in [0.717, 1.165) is 15.6 Å². The minimum atomic E-state index is -0.989. The largest absolute Gasteiger partial charge is 0.481 e. The van der Waals surface area contributed by atoms with Crippen molar-refractivity contribution in [3.63, 3.8) is 0 Å². The maximum atomic E-state index is 12.5. The molecule has 0 spiro atoms. The Bertz CT molecular complexity index is 889. The van der Waals surface area contributed by atoms with E-state index >= 15 is 0 Å². The Labute approximate surface area is 146 Å². The molecule has 2 aromatic heterocycles. The average molecular weight is 388 g/mol. The number of carboxylic acid groups (broad SMARTS) is 1. The number of carbonyl (C=O) groups is 2. The first kappa shape index (κ1) is 16.2. The number of hydrogen-bond donors (Lipinski definition) is 3. The van der Waals surface area contributed by atoms with Gasteiger partial charge in [-0.05, 0) is 35.9 Å². The molecule has 0 fully saturated rings. The molecule has 0 aliphatic heterocycles. The summed E-state index contributed by atoms with van der Waals surface area (Å²) in [6.45, 7) is 0. The fourth-order valence-corrected chi connectivity index (χ4v) is 2.68. The zero-order chi connectivity index (χ0) is 17.1. The molecule has 0 aliphatic carbocycles. The molecule has 0 saturated heterocycles. The van der Waals surface area contributed by atoms with Crippen LogP contribution < -0.4 is 5.32 Å². The Morgan fingerprint density at radius 3 is 2.62 bits per heavy atom. The molecule has 7 heteroatoms. The zero-order valence-electron chi connectivity index (χ0n) is 12.5. The average Bonchev–Trinajstić information content (AvgIpc) is 3.02.